The van der Waals surface area contributed by atoms with E-state index in [0.717, 1.165) is 5.56 Å². The Labute approximate surface area is 87.0 Å². The molecule has 0 atom stereocenters. The average molecular weight is 203 g/mol. The quantitative estimate of drug-likeness (QED) is 0.763. The van der Waals surface area contributed by atoms with Crippen molar-refractivity contribution >= 4 is 5.97 Å². The molecule has 1 aromatic carbocycles. The molecule has 0 radical (unpaired) electrons. The van der Waals surface area contributed by atoms with Gasteiger partial charge in [0.05, 0.1) is 0 Å². The van der Waals surface area contributed by atoms with Gasteiger partial charge >= 0.3 is 5.97 Å². The molecule has 0 spiro atoms. The van der Waals surface area contributed by atoms with Crippen molar-refractivity contribution in [1.29, 1.82) is 0 Å². The SMILES string of the molecule is Cc1oc(-c2ccccc2)cc1[13C](=O)O. The van der Waals surface area contributed by atoms with E-state index in [2.05, 4.69) is 0 Å². The van der Waals surface area contributed by atoms with Crippen LogP contribution in [0.5, 0.6) is 0 Å². The number of furan rings is 1. The molecule has 3 nitrogen and oxygen atoms in total. The van der Waals surface area contributed by atoms with Crippen LogP contribution in [0.2, 0.25) is 0 Å². The summed E-state index contributed by atoms with van der Waals surface area (Å²) < 4.78 is 5.38. The van der Waals surface area contributed by atoms with Gasteiger partial charge in [-0.1, -0.05) is 30.3 Å². The molecule has 0 aliphatic heterocycles. The highest BCUT2D eigenvalue weighted by Gasteiger charge is 2.14. The molecule has 0 bridgehead atoms. The zero-order valence-corrected chi connectivity index (χ0v) is 8.23. The number of carboxylic acids is 1. The van der Waals surface area contributed by atoms with E-state index in [1.54, 1.807) is 13.0 Å². The molecule has 15 heavy (non-hydrogen) atoms. The summed E-state index contributed by atoms with van der Waals surface area (Å²) in [5.41, 5.74) is 1.10. The first kappa shape index (κ1) is 9.52. The zero-order chi connectivity index (χ0) is 10.8. The number of carboxylic acid groups (broad SMARTS) is 1. The molecule has 0 fully saturated rings. The molecular formula is C12H10O3. The van der Waals surface area contributed by atoms with Gasteiger partial charge in [-0.15, -0.1) is 0 Å². The maximum Gasteiger partial charge on any atom is 0.339 e. The summed E-state index contributed by atoms with van der Waals surface area (Å²) in [7, 11) is 0. The van der Waals surface area contributed by atoms with Crippen molar-refractivity contribution in [2.45, 2.75) is 6.92 Å². The average Bonchev–Trinajstić information content (AvgIpc) is 2.62. The maximum atomic E-state index is 10.8. The topological polar surface area (TPSA) is 50.4 Å². The van der Waals surface area contributed by atoms with Crippen LogP contribution in [0.25, 0.3) is 11.3 Å². The van der Waals surface area contributed by atoms with Gasteiger partial charge < -0.3 is 9.52 Å². The van der Waals surface area contributed by atoms with Crippen LogP contribution in [-0.2, 0) is 0 Å². The minimum Gasteiger partial charge on any atom is -0.478 e. The van der Waals surface area contributed by atoms with E-state index >= 15 is 0 Å². The van der Waals surface area contributed by atoms with Crippen molar-refractivity contribution in [3.63, 3.8) is 0 Å². The lowest BCUT2D eigenvalue weighted by molar-refractivity contribution is 0.0695. The zero-order valence-electron chi connectivity index (χ0n) is 8.23. The van der Waals surface area contributed by atoms with Gasteiger partial charge in [0.2, 0.25) is 0 Å². The van der Waals surface area contributed by atoms with E-state index in [-0.39, 0.29) is 5.56 Å². The van der Waals surface area contributed by atoms with Crippen molar-refractivity contribution in [2.75, 3.05) is 0 Å². The minimum atomic E-state index is -0.960. The van der Waals surface area contributed by atoms with Gasteiger partial charge in [-0.05, 0) is 13.0 Å². The van der Waals surface area contributed by atoms with E-state index in [1.807, 2.05) is 30.3 Å². The second-order valence-electron chi connectivity index (χ2n) is 3.25. The molecule has 0 saturated carbocycles. The van der Waals surface area contributed by atoms with E-state index in [1.165, 1.54) is 0 Å². The molecule has 0 aliphatic carbocycles. The number of rotatable bonds is 2. The summed E-state index contributed by atoms with van der Waals surface area (Å²) >= 11 is 0. The molecule has 0 aliphatic rings. The fraction of sp³-hybridized carbons (Fsp3) is 0.0833. The van der Waals surface area contributed by atoms with Crippen molar-refractivity contribution in [3.8, 4) is 11.3 Å². The number of aromatic carboxylic acids is 1. The van der Waals surface area contributed by atoms with Crippen molar-refractivity contribution in [1.82, 2.24) is 0 Å². The van der Waals surface area contributed by atoms with Crippen LogP contribution in [0.4, 0.5) is 0 Å². The molecule has 1 heterocycles. The Hall–Kier alpha value is -2.03. The Morgan fingerprint density at radius 1 is 1.27 bits per heavy atom. The summed E-state index contributed by atoms with van der Waals surface area (Å²) in [5, 5.41) is 8.87. The summed E-state index contributed by atoms with van der Waals surface area (Å²) in [6.45, 7) is 1.65. The molecule has 1 N–H and O–H groups in total. The minimum absolute atomic E-state index is 0.217. The van der Waals surface area contributed by atoms with Gasteiger partial charge in [0.15, 0.2) is 0 Å². The number of benzene rings is 1. The summed E-state index contributed by atoms with van der Waals surface area (Å²) in [6.07, 6.45) is 0. The Balaban J connectivity index is 2.48. The van der Waals surface area contributed by atoms with Crippen LogP contribution < -0.4 is 0 Å². The van der Waals surface area contributed by atoms with Crippen LogP contribution in [0.1, 0.15) is 16.1 Å². The van der Waals surface area contributed by atoms with E-state index in [9.17, 15) is 4.79 Å². The smallest absolute Gasteiger partial charge is 0.339 e. The van der Waals surface area contributed by atoms with Crippen LogP contribution in [0.15, 0.2) is 40.8 Å². The molecule has 0 unspecified atom stereocenters. The highest BCUT2D eigenvalue weighted by atomic mass is 16.5. The third-order valence-electron chi connectivity index (χ3n) is 2.21. The molecule has 76 valence electrons. The molecule has 1 aromatic heterocycles. The first-order valence-electron chi connectivity index (χ1n) is 4.57. The monoisotopic (exact) mass is 203 g/mol. The normalized spacial score (nSPS) is 10.2. The second-order valence-corrected chi connectivity index (χ2v) is 3.25. The first-order chi connectivity index (χ1) is 7.18. The predicted molar refractivity (Wildman–Crippen MR) is 55.8 cm³/mol. The Morgan fingerprint density at radius 3 is 2.47 bits per heavy atom. The lowest BCUT2D eigenvalue weighted by atomic mass is 10.2. The predicted octanol–water partition coefficient (Wildman–Crippen LogP) is 2.95. The molecule has 0 amide bonds. The van der Waals surface area contributed by atoms with Crippen molar-refractivity contribution < 1.29 is 14.3 Å². The fourth-order valence-electron chi connectivity index (χ4n) is 1.44. The summed E-state index contributed by atoms with van der Waals surface area (Å²) in [5.74, 6) is 0.0604. The highest BCUT2D eigenvalue weighted by Crippen LogP contribution is 2.24. The van der Waals surface area contributed by atoms with E-state index in [0.29, 0.717) is 11.5 Å². The van der Waals surface area contributed by atoms with Gasteiger partial charge in [-0.3, -0.25) is 0 Å². The molecule has 2 rings (SSSR count). The van der Waals surface area contributed by atoms with E-state index < -0.39 is 5.97 Å². The number of carbonyl (C=O) groups is 1. The largest absolute Gasteiger partial charge is 0.478 e. The lowest BCUT2D eigenvalue weighted by Crippen LogP contribution is -1.94. The standard InChI is InChI=1S/C12H10O3/c1-8-10(12(13)14)7-11(15-8)9-5-3-2-4-6-9/h2-7H,1H3,(H,13,14)/i12+1. The van der Waals surface area contributed by atoms with Gasteiger partial charge in [0, 0.05) is 5.56 Å². The van der Waals surface area contributed by atoms with Crippen molar-refractivity contribution in [3.05, 3.63) is 47.7 Å². The van der Waals surface area contributed by atoms with Crippen LogP contribution in [-0.4, -0.2) is 11.1 Å². The third-order valence-corrected chi connectivity index (χ3v) is 2.21. The second kappa shape index (κ2) is 3.61. The lowest BCUT2D eigenvalue weighted by Gasteiger charge is -1.93. The van der Waals surface area contributed by atoms with Gasteiger partial charge in [0.1, 0.15) is 17.1 Å². The third kappa shape index (κ3) is 1.76. The maximum absolute atomic E-state index is 10.8. The Kier molecular flexibility index (Phi) is 2.29. The van der Waals surface area contributed by atoms with E-state index in [4.69, 9.17) is 9.52 Å². The van der Waals surface area contributed by atoms with Gasteiger partial charge in [-0.2, -0.15) is 0 Å². The number of hydrogen-bond donors (Lipinski definition) is 1. The van der Waals surface area contributed by atoms with Gasteiger partial charge in [0.25, 0.3) is 0 Å². The first-order valence-corrected chi connectivity index (χ1v) is 4.57. The number of hydrogen-bond acceptors (Lipinski definition) is 2. The van der Waals surface area contributed by atoms with Crippen LogP contribution in [0.3, 0.4) is 0 Å². The molecular weight excluding hydrogens is 193 g/mol. The Bertz CT molecular complexity index is 483. The van der Waals surface area contributed by atoms with Crippen LogP contribution in [0, 0.1) is 6.92 Å². The highest BCUT2D eigenvalue weighted by molar-refractivity contribution is 5.90. The Morgan fingerprint density at radius 2 is 1.93 bits per heavy atom. The molecule has 3 heteroatoms. The van der Waals surface area contributed by atoms with Crippen LogP contribution >= 0.6 is 0 Å². The summed E-state index contributed by atoms with van der Waals surface area (Å²) in [6, 6.07) is 11.0. The fourth-order valence-corrected chi connectivity index (χ4v) is 1.44. The molecule has 2 aromatic rings. The summed E-state index contributed by atoms with van der Waals surface area (Å²) in [4.78, 5) is 10.8. The molecule has 0 saturated heterocycles. The number of aryl methyl sites for hydroxylation is 1. The van der Waals surface area contributed by atoms with Gasteiger partial charge in [-0.25, -0.2) is 4.79 Å². The van der Waals surface area contributed by atoms with Crippen molar-refractivity contribution in [2.24, 2.45) is 0 Å².